The Morgan fingerprint density at radius 1 is 0.750 bits per heavy atom. The van der Waals surface area contributed by atoms with Crippen molar-refractivity contribution in [1.29, 1.82) is 0 Å². The second kappa shape index (κ2) is 17.8. The molecule has 1 aliphatic rings. The molecule has 8 heteroatoms. The van der Waals surface area contributed by atoms with Crippen molar-refractivity contribution in [3.63, 3.8) is 0 Å². The Hall–Kier alpha value is -1.22. The van der Waals surface area contributed by atoms with Gasteiger partial charge in [0.15, 0.2) is 0 Å². The summed E-state index contributed by atoms with van der Waals surface area (Å²) in [7, 11) is 0. The summed E-state index contributed by atoms with van der Waals surface area (Å²) in [6, 6.07) is 0. The molecule has 1 aliphatic heterocycles. The van der Waals surface area contributed by atoms with Crippen molar-refractivity contribution in [2.75, 3.05) is 39.4 Å². The van der Waals surface area contributed by atoms with Crippen molar-refractivity contribution < 1.29 is 30.0 Å². The molecule has 1 saturated heterocycles. The van der Waals surface area contributed by atoms with Gasteiger partial charge in [-0.25, -0.2) is 0 Å². The van der Waals surface area contributed by atoms with Gasteiger partial charge in [0.1, 0.15) is 0 Å². The first-order chi connectivity index (χ1) is 9.54. The predicted octanol–water partition coefficient (Wildman–Crippen LogP) is -1.13. The number of carboxylic acid groups (broad SMARTS) is 2. The van der Waals surface area contributed by atoms with E-state index in [4.69, 9.17) is 20.4 Å². The molecule has 0 aromatic heterocycles. The molecule has 1 rings (SSSR count). The highest BCUT2D eigenvalue weighted by atomic mass is 16.4. The van der Waals surface area contributed by atoms with Crippen LogP contribution >= 0.6 is 0 Å². The molecule has 1 fully saturated rings. The van der Waals surface area contributed by atoms with Crippen LogP contribution in [0.4, 0.5) is 0 Å². The molecule has 0 aromatic carbocycles. The monoisotopic (exact) mass is 294 g/mol. The molecule has 0 radical (unpaired) electrons. The van der Waals surface area contributed by atoms with Crippen LogP contribution in [0.3, 0.4) is 0 Å². The molecule has 0 amide bonds. The van der Waals surface area contributed by atoms with Gasteiger partial charge < -0.3 is 31.1 Å². The summed E-state index contributed by atoms with van der Waals surface area (Å²) in [4.78, 5) is 19.3. The normalized spacial score (nSPS) is 13.3. The van der Waals surface area contributed by atoms with E-state index in [0.29, 0.717) is 12.8 Å². The summed E-state index contributed by atoms with van der Waals surface area (Å²) in [6.45, 7) is 4.48. The quantitative estimate of drug-likeness (QED) is 0.361. The molecule has 0 spiro atoms. The molecule has 120 valence electrons. The molecule has 0 unspecified atom stereocenters. The maximum Gasteiger partial charge on any atom is 0.303 e. The van der Waals surface area contributed by atoms with E-state index in [9.17, 15) is 9.59 Å². The summed E-state index contributed by atoms with van der Waals surface area (Å²) < 4.78 is 0. The maximum absolute atomic E-state index is 9.65. The van der Waals surface area contributed by atoms with E-state index in [1.54, 1.807) is 0 Å². The van der Waals surface area contributed by atoms with Crippen molar-refractivity contribution >= 4 is 11.9 Å². The number of carboxylic acids is 2. The van der Waals surface area contributed by atoms with E-state index in [-0.39, 0.29) is 26.1 Å². The zero-order valence-corrected chi connectivity index (χ0v) is 11.7. The van der Waals surface area contributed by atoms with Gasteiger partial charge in [0.05, 0.1) is 0 Å². The van der Waals surface area contributed by atoms with Crippen molar-refractivity contribution in [3.05, 3.63) is 0 Å². The van der Waals surface area contributed by atoms with Gasteiger partial charge in [-0.2, -0.15) is 0 Å². The Kier molecular flexibility index (Phi) is 18.7. The van der Waals surface area contributed by atoms with Crippen molar-refractivity contribution in [2.45, 2.75) is 25.7 Å². The number of aliphatic hydroxyl groups is 2. The summed E-state index contributed by atoms with van der Waals surface area (Å²) in [6.07, 6.45) is 0.845. The van der Waals surface area contributed by atoms with E-state index in [1.165, 1.54) is 0 Å². The van der Waals surface area contributed by atoms with Gasteiger partial charge in [0.2, 0.25) is 0 Å². The lowest BCUT2D eigenvalue weighted by molar-refractivity contribution is -0.138. The smallest absolute Gasteiger partial charge is 0.303 e. The molecule has 1 heterocycles. The highest BCUT2D eigenvalue weighted by Crippen LogP contribution is 1.84. The Balaban J connectivity index is 0. The zero-order valence-electron chi connectivity index (χ0n) is 11.7. The zero-order chi connectivity index (χ0) is 15.6. The number of carbonyl (C=O) groups is 2. The third kappa shape index (κ3) is 25.6. The first-order valence-corrected chi connectivity index (χ1v) is 6.61. The van der Waals surface area contributed by atoms with Gasteiger partial charge >= 0.3 is 11.9 Å². The lowest BCUT2D eigenvalue weighted by atomic mass is 10.3. The number of rotatable bonds is 6. The van der Waals surface area contributed by atoms with Crippen LogP contribution in [0.15, 0.2) is 0 Å². The van der Waals surface area contributed by atoms with Crippen LogP contribution in [0.2, 0.25) is 0 Å². The SMILES string of the molecule is C1CNCCN1.O=C(O)CCCO.O=C(O)CCCO. The Morgan fingerprint density at radius 2 is 1.05 bits per heavy atom. The first-order valence-electron chi connectivity index (χ1n) is 6.61. The molecule has 0 bridgehead atoms. The van der Waals surface area contributed by atoms with Crippen molar-refractivity contribution in [3.8, 4) is 0 Å². The number of aliphatic carboxylic acids is 2. The van der Waals surface area contributed by atoms with Crippen LogP contribution < -0.4 is 10.6 Å². The standard InChI is InChI=1S/C4H10N2.2C4H8O3/c1-2-6-4-3-5-1;2*5-3-1-2-4(6)7/h5-6H,1-4H2;2*5H,1-3H2,(H,6,7). The fraction of sp³-hybridized carbons (Fsp3) is 0.833. The minimum atomic E-state index is -0.853. The molecule has 8 nitrogen and oxygen atoms in total. The molecule has 0 saturated carbocycles. The molecule has 6 N–H and O–H groups in total. The maximum atomic E-state index is 9.65. The van der Waals surface area contributed by atoms with E-state index in [2.05, 4.69) is 10.6 Å². The van der Waals surface area contributed by atoms with E-state index in [0.717, 1.165) is 26.2 Å². The lowest BCUT2D eigenvalue weighted by Gasteiger charge is -2.11. The molecule has 0 aromatic rings. The average Bonchev–Trinajstić information content (AvgIpc) is 2.46. The van der Waals surface area contributed by atoms with E-state index in [1.807, 2.05) is 0 Å². The number of nitrogens with one attached hydrogen (secondary N) is 2. The summed E-state index contributed by atoms with van der Waals surface area (Å²) in [5.41, 5.74) is 0. The van der Waals surface area contributed by atoms with Crippen LogP contribution in [0, 0.1) is 0 Å². The average molecular weight is 294 g/mol. The van der Waals surface area contributed by atoms with Gasteiger partial charge in [0, 0.05) is 52.2 Å². The van der Waals surface area contributed by atoms with Crippen LogP contribution in [0.5, 0.6) is 0 Å². The van der Waals surface area contributed by atoms with Gasteiger partial charge in [-0.1, -0.05) is 0 Å². The van der Waals surface area contributed by atoms with Crippen LogP contribution in [0.1, 0.15) is 25.7 Å². The Morgan fingerprint density at radius 3 is 1.15 bits per heavy atom. The largest absolute Gasteiger partial charge is 0.481 e. The van der Waals surface area contributed by atoms with E-state index >= 15 is 0 Å². The Bertz CT molecular complexity index is 204. The fourth-order valence-electron chi connectivity index (χ4n) is 1.06. The lowest BCUT2D eigenvalue weighted by Crippen LogP contribution is -2.39. The highest BCUT2D eigenvalue weighted by Gasteiger charge is 1.92. The van der Waals surface area contributed by atoms with Crippen LogP contribution in [-0.2, 0) is 9.59 Å². The van der Waals surface area contributed by atoms with Crippen LogP contribution in [-0.4, -0.2) is 71.8 Å². The second-order valence-corrected chi connectivity index (χ2v) is 3.94. The van der Waals surface area contributed by atoms with Gasteiger partial charge in [-0.15, -0.1) is 0 Å². The minimum absolute atomic E-state index is 0.0354. The Labute approximate surface area is 118 Å². The first kappa shape index (κ1) is 21.1. The molecular formula is C12H26N2O6. The van der Waals surface area contributed by atoms with E-state index < -0.39 is 11.9 Å². The second-order valence-electron chi connectivity index (χ2n) is 3.94. The predicted molar refractivity (Wildman–Crippen MR) is 73.7 cm³/mol. The van der Waals surface area contributed by atoms with Gasteiger partial charge in [-0.3, -0.25) is 9.59 Å². The fourth-order valence-corrected chi connectivity index (χ4v) is 1.06. The van der Waals surface area contributed by atoms with Crippen LogP contribution in [0.25, 0.3) is 0 Å². The highest BCUT2D eigenvalue weighted by molar-refractivity contribution is 5.66. The third-order valence-electron chi connectivity index (χ3n) is 2.05. The topological polar surface area (TPSA) is 139 Å². The molecule has 0 atom stereocenters. The third-order valence-corrected chi connectivity index (χ3v) is 2.05. The number of piperazine rings is 1. The molecular weight excluding hydrogens is 268 g/mol. The summed E-state index contributed by atoms with van der Waals surface area (Å²) >= 11 is 0. The summed E-state index contributed by atoms with van der Waals surface area (Å²) in [5.74, 6) is -1.71. The van der Waals surface area contributed by atoms with Crippen molar-refractivity contribution in [1.82, 2.24) is 10.6 Å². The van der Waals surface area contributed by atoms with Gasteiger partial charge in [0.25, 0.3) is 0 Å². The number of aliphatic hydroxyl groups excluding tert-OH is 2. The van der Waals surface area contributed by atoms with Gasteiger partial charge in [-0.05, 0) is 12.8 Å². The number of hydrogen-bond donors (Lipinski definition) is 6. The molecule has 0 aliphatic carbocycles. The molecule has 20 heavy (non-hydrogen) atoms. The van der Waals surface area contributed by atoms with Crippen molar-refractivity contribution in [2.24, 2.45) is 0 Å². The minimum Gasteiger partial charge on any atom is -0.481 e. The summed E-state index contributed by atoms with van der Waals surface area (Å²) in [5, 5.41) is 38.4. The number of hydrogen-bond acceptors (Lipinski definition) is 6.